The number of rotatable bonds is 1. The number of hydrogen-bond donors (Lipinski definition) is 0. The third-order valence-corrected chi connectivity index (χ3v) is 2.84. The minimum atomic E-state index is 0.951. The van der Waals surface area contributed by atoms with Crippen LogP contribution < -0.4 is 0 Å². The molecule has 2 aromatic rings. The standard InChI is InChI=1S/C11H11BrN2/c1-8-5-6-9(2)14(8)11-10(12)4-3-7-13-11/h3-7H,1-2H3. The first-order chi connectivity index (χ1) is 6.70. The van der Waals surface area contributed by atoms with Gasteiger partial charge in [-0.1, -0.05) is 0 Å². The van der Waals surface area contributed by atoms with Crippen molar-refractivity contribution in [3.8, 4) is 5.82 Å². The number of hydrogen-bond acceptors (Lipinski definition) is 1. The lowest BCUT2D eigenvalue weighted by molar-refractivity contribution is 0.916. The van der Waals surface area contributed by atoms with Crippen LogP contribution in [0.4, 0.5) is 0 Å². The van der Waals surface area contributed by atoms with Crippen LogP contribution in [-0.4, -0.2) is 9.55 Å². The summed E-state index contributed by atoms with van der Waals surface area (Å²) in [7, 11) is 0. The maximum absolute atomic E-state index is 4.36. The van der Waals surface area contributed by atoms with Crippen molar-refractivity contribution in [2.24, 2.45) is 0 Å². The van der Waals surface area contributed by atoms with Gasteiger partial charge in [-0.15, -0.1) is 0 Å². The second-order valence-electron chi connectivity index (χ2n) is 3.26. The predicted molar refractivity (Wildman–Crippen MR) is 60.7 cm³/mol. The number of aryl methyl sites for hydroxylation is 2. The summed E-state index contributed by atoms with van der Waals surface area (Å²) in [4.78, 5) is 4.36. The molecule has 0 atom stereocenters. The van der Waals surface area contributed by atoms with Crippen molar-refractivity contribution in [3.63, 3.8) is 0 Å². The molecule has 0 saturated carbocycles. The molecule has 2 nitrogen and oxygen atoms in total. The van der Waals surface area contributed by atoms with Crippen LogP contribution in [0.5, 0.6) is 0 Å². The topological polar surface area (TPSA) is 17.8 Å². The van der Waals surface area contributed by atoms with Crippen molar-refractivity contribution in [2.45, 2.75) is 13.8 Å². The van der Waals surface area contributed by atoms with Gasteiger partial charge in [0, 0.05) is 17.6 Å². The second kappa shape index (κ2) is 3.58. The monoisotopic (exact) mass is 250 g/mol. The van der Waals surface area contributed by atoms with Crippen molar-refractivity contribution < 1.29 is 0 Å². The average molecular weight is 251 g/mol. The Balaban J connectivity index is 2.66. The SMILES string of the molecule is Cc1ccc(C)n1-c1ncccc1Br. The molecule has 0 aromatic carbocycles. The second-order valence-corrected chi connectivity index (χ2v) is 4.11. The van der Waals surface area contributed by atoms with Crippen LogP contribution in [0.2, 0.25) is 0 Å². The Bertz CT molecular complexity index is 441. The Morgan fingerprint density at radius 2 is 1.79 bits per heavy atom. The fourth-order valence-corrected chi connectivity index (χ4v) is 1.98. The van der Waals surface area contributed by atoms with Crippen LogP contribution in [0.15, 0.2) is 34.9 Å². The maximum Gasteiger partial charge on any atom is 0.151 e. The van der Waals surface area contributed by atoms with E-state index in [1.165, 1.54) is 11.4 Å². The van der Waals surface area contributed by atoms with E-state index in [0.717, 1.165) is 10.3 Å². The molecule has 0 radical (unpaired) electrons. The van der Waals surface area contributed by atoms with Crippen LogP contribution in [0.3, 0.4) is 0 Å². The largest absolute Gasteiger partial charge is 0.302 e. The van der Waals surface area contributed by atoms with Crippen molar-refractivity contribution in [3.05, 3.63) is 46.3 Å². The molecule has 0 amide bonds. The molecule has 0 saturated heterocycles. The minimum Gasteiger partial charge on any atom is -0.302 e. The molecule has 2 aromatic heterocycles. The quantitative estimate of drug-likeness (QED) is 0.760. The molecular formula is C11H11BrN2. The number of nitrogens with zero attached hydrogens (tertiary/aromatic N) is 2. The maximum atomic E-state index is 4.36. The molecule has 0 aliphatic carbocycles. The highest BCUT2D eigenvalue weighted by Crippen LogP contribution is 2.21. The van der Waals surface area contributed by atoms with E-state index in [4.69, 9.17) is 0 Å². The Hall–Kier alpha value is -1.09. The first kappa shape index (κ1) is 9.46. The minimum absolute atomic E-state index is 0.951. The van der Waals surface area contributed by atoms with Crippen molar-refractivity contribution in [1.82, 2.24) is 9.55 Å². The number of pyridine rings is 1. The highest BCUT2D eigenvalue weighted by molar-refractivity contribution is 9.10. The molecule has 0 fully saturated rings. The normalized spacial score (nSPS) is 10.5. The van der Waals surface area contributed by atoms with Gasteiger partial charge in [0.05, 0.1) is 4.47 Å². The highest BCUT2D eigenvalue weighted by Gasteiger charge is 2.07. The molecule has 0 unspecified atom stereocenters. The molecule has 3 heteroatoms. The Kier molecular flexibility index (Phi) is 2.42. The fraction of sp³-hybridized carbons (Fsp3) is 0.182. The molecule has 2 rings (SSSR count). The Morgan fingerprint density at radius 1 is 1.14 bits per heavy atom. The van der Waals surface area contributed by atoms with Crippen LogP contribution in [0.25, 0.3) is 5.82 Å². The molecule has 14 heavy (non-hydrogen) atoms. The van der Waals surface area contributed by atoms with Gasteiger partial charge in [-0.2, -0.15) is 0 Å². The van der Waals surface area contributed by atoms with E-state index in [9.17, 15) is 0 Å². The lowest BCUT2D eigenvalue weighted by Gasteiger charge is -2.09. The zero-order valence-electron chi connectivity index (χ0n) is 8.16. The summed E-state index contributed by atoms with van der Waals surface area (Å²) in [5.74, 6) is 0.951. The van der Waals surface area contributed by atoms with Gasteiger partial charge in [-0.05, 0) is 54.0 Å². The lowest BCUT2D eigenvalue weighted by Crippen LogP contribution is -2.01. The van der Waals surface area contributed by atoms with Gasteiger partial charge in [0.25, 0.3) is 0 Å². The molecule has 0 N–H and O–H groups in total. The van der Waals surface area contributed by atoms with E-state index >= 15 is 0 Å². The van der Waals surface area contributed by atoms with Gasteiger partial charge < -0.3 is 4.57 Å². The molecule has 0 spiro atoms. The van der Waals surface area contributed by atoms with Gasteiger partial charge in [0.2, 0.25) is 0 Å². The van der Waals surface area contributed by atoms with Gasteiger partial charge >= 0.3 is 0 Å². The van der Waals surface area contributed by atoms with Gasteiger partial charge in [-0.3, -0.25) is 0 Å². The first-order valence-corrected chi connectivity index (χ1v) is 5.25. The Labute approximate surface area is 91.7 Å². The summed E-state index contributed by atoms with van der Waals surface area (Å²) in [5, 5.41) is 0. The van der Waals surface area contributed by atoms with E-state index in [1.54, 1.807) is 6.20 Å². The van der Waals surface area contributed by atoms with Crippen LogP contribution >= 0.6 is 15.9 Å². The summed E-state index contributed by atoms with van der Waals surface area (Å²) >= 11 is 3.50. The first-order valence-electron chi connectivity index (χ1n) is 4.46. The fourth-order valence-electron chi connectivity index (χ4n) is 1.54. The van der Waals surface area contributed by atoms with Crippen molar-refractivity contribution in [2.75, 3.05) is 0 Å². The molecular weight excluding hydrogens is 240 g/mol. The molecule has 2 heterocycles. The number of aromatic nitrogens is 2. The summed E-state index contributed by atoms with van der Waals surface area (Å²) in [6, 6.07) is 8.11. The molecule has 72 valence electrons. The van der Waals surface area contributed by atoms with Crippen LogP contribution in [-0.2, 0) is 0 Å². The lowest BCUT2D eigenvalue weighted by atomic mass is 10.4. The smallest absolute Gasteiger partial charge is 0.151 e. The zero-order chi connectivity index (χ0) is 10.1. The summed E-state index contributed by atoms with van der Waals surface area (Å²) in [6.07, 6.45) is 1.80. The summed E-state index contributed by atoms with van der Waals surface area (Å²) in [5.41, 5.74) is 2.39. The van der Waals surface area contributed by atoms with Crippen LogP contribution in [0.1, 0.15) is 11.4 Å². The van der Waals surface area contributed by atoms with Crippen LogP contribution in [0, 0.1) is 13.8 Å². The molecule has 0 bridgehead atoms. The zero-order valence-corrected chi connectivity index (χ0v) is 9.75. The van der Waals surface area contributed by atoms with E-state index in [1.807, 2.05) is 12.1 Å². The predicted octanol–water partition coefficient (Wildman–Crippen LogP) is 3.25. The third-order valence-electron chi connectivity index (χ3n) is 2.22. The van der Waals surface area contributed by atoms with Gasteiger partial charge in [-0.25, -0.2) is 4.98 Å². The summed E-state index contributed by atoms with van der Waals surface area (Å²) < 4.78 is 3.15. The molecule has 0 aliphatic heterocycles. The number of halogens is 1. The molecule has 0 aliphatic rings. The third kappa shape index (κ3) is 1.48. The van der Waals surface area contributed by atoms with Crippen molar-refractivity contribution in [1.29, 1.82) is 0 Å². The average Bonchev–Trinajstić information content (AvgIpc) is 2.48. The van der Waals surface area contributed by atoms with E-state index in [0.29, 0.717) is 0 Å². The van der Waals surface area contributed by atoms with Crippen molar-refractivity contribution >= 4 is 15.9 Å². The van der Waals surface area contributed by atoms with E-state index in [-0.39, 0.29) is 0 Å². The summed E-state index contributed by atoms with van der Waals surface area (Å²) in [6.45, 7) is 4.16. The Morgan fingerprint density at radius 3 is 2.36 bits per heavy atom. The van der Waals surface area contributed by atoms with E-state index < -0.39 is 0 Å². The highest BCUT2D eigenvalue weighted by atomic mass is 79.9. The van der Waals surface area contributed by atoms with E-state index in [2.05, 4.69) is 51.5 Å². The van der Waals surface area contributed by atoms with Gasteiger partial charge in [0.15, 0.2) is 5.82 Å². The van der Waals surface area contributed by atoms with Gasteiger partial charge in [0.1, 0.15) is 0 Å².